The monoisotopic (exact) mass is 213 g/mol. The van der Waals surface area contributed by atoms with Gasteiger partial charge in [-0.1, -0.05) is 12.2 Å². The molecule has 0 radical (unpaired) electrons. The number of benzene rings is 1. The van der Waals surface area contributed by atoms with Crippen molar-refractivity contribution < 1.29 is 9.13 Å². The molecule has 1 atom stereocenters. The Hall–Kier alpha value is -1.16. The lowest BCUT2D eigenvalue weighted by Gasteiger charge is -2.13. The van der Waals surface area contributed by atoms with Crippen molar-refractivity contribution in [3.63, 3.8) is 0 Å². The van der Waals surface area contributed by atoms with Crippen molar-refractivity contribution in [1.82, 2.24) is 0 Å². The van der Waals surface area contributed by atoms with Gasteiger partial charge in [0.1, 0.15) is 17.7 Å². The molecular formula is C10H12FNOS. The van der Waals surface area contributed by atoms with E-state index in [9.17, 15) is 4.39 Å². The summed E-state index contributed by atoms with van der Waals surface area (Å²) in [4.78, 5) is 0.416. The summed E-state index contributed by atoms with van der Waals surface area (Å²) < 4.78 is 18.0. The van der Waals surface area contributed by atoms with Crippen molar-refractivity contribution >= 4 is 17.2 Å². The van der Waals surface area contributed by atoms with Crippen LogP contribution < -0.4 is 10.5 Å². The molecule has 4 heteroatoms. The maximum absolute atomic E-state index is 12.5. The van der Waals surface area contributed by atoms with Crippen LogP contribution in [0.15, 0.2) is 24.3 Å². The summed E-state index contributed by atoms with van der Waals surface area (Å²) in [5, 5.41) is 0. The van der Waals surface area contributed by atoms with Gasteiger partial charge in [0.25, 0.3) is 0 Å². The van der Waals surface area contributed by atoms with Crippen molar-refractivity contribution in [3.8, 4) is 5.75 Å². The van der Waals surface area contributed by atoms with E-state index in [1.54, 1.807) is 12.1 Å². The van der Waals surface area contributed by atoms with E-state index in [0.29, 0.717) is 17.2 Å². The van der Waals surface area contributed by atoms with Crippen LogP contribution in [0.2, 0.25) is 0 Å². The van der Waals surface area contributed by atoms with E-state index < -0.39 is 0 Å². The van der Waals surface area contributed by atoms with Gasteiger partial charge >= 0.3 is 0 Å². The number of hydrogen-bond donors (Lipinski definition) is 1. The highest BCUT2D eigenvalue weighted by atomic mass is 32.1. The third kappa shape index (κ3) is 3.70. The first kappa shape index (κ1) is 10.9. The zero-order chi connectivity index (χ0) is 10.6. The van der Waals surface area contributed by atoms with Crippen LogP contribution >= 0.6 is 12.2 Å². The van der Waals surface area contributed by atoms with Crippen LogP contribution in [0.3, 0.4) is 0 Å². The molecule has 0 fully saturated rings. The van der Waals surface area contributed by atoms with Crippen molar-refractivity contribution in [2.45, 2.75) is 19.4 Å². The number of halogens is 1. The fraction of sp³-hybridized carbons (Fsp3) is 0.300. The molecule has 1 unspecified atom stereocenters. The summed E-state index contributed by atoms with van der Waals surface area (Å²) in [6, 6.07) is 5.85. The van der Waals surface area contributed by atoms with Gasteiger partial charge in [-0.3, -0.25) is 0 Å². The summed E-state index contributed by atoms with van der Waals surface area (Å²) >= 11 is 4.75. The summed E-state index contributed by atoms with van der Waals surface area (Å²) in [5.41, 5.74) is 5.36. The van der Waals surface area contributed by atoms with Crippen LogP contribution in [0.5, 0.6) is 5.75 Å². The molecule has 0 heterocycles. The predicted molar refractivity (Wildman–Crippen MR) is 57.9 cm³/mol. The molecule has 0 aliphatic carbocycles. The molecule has 76 valence electrons. The molecule has 0 saturated carbocycles. The Morgan fingerprint density at radius 3 is 2.57 bits per heavy atom. The maximum Gasteiger partial charge on any atom is 0.123 e. The summed E-state index contributed by atoms with van der Waals surface area (Å²) in [5.74, 6) is 0.342. The van der Waals surface area contributed by atoms with E-state index >= 15 is 0 Å². The molecule has 2 N–H and O–H groups in total. The average Bonchev–Trinajstić information content (AvgIpc) is 2.07. The molecule has 1 aromatic rings. The van der Waals surface area contributed by atoms with Gasteiger partial charge < -0.3 is 10.5 Å². The Balaban J connectivity index is 2.51. The number of hydrogen-bond acceptors (Lipinski definition) is 2. The predicted octanol–water partition coefficient (Wildman–Crippen LogP) is 2.27. The van der Waals surface area contributed by atoms with E-state index in [1.807, 2.05) is 6.92 Å². The highest BCUT2D eigenvalue weighted by Crippen LogP contribution is 2.13. The Labute approximate surface area is 87.9 Å². The van der Waals surface area contributed by atoms with Crippen LogP contribution in [0.4, 0.5) is 4.39 Å². The lowest BCUT2D eigenvalue weighted by atomic mass is 10.3. The topological polar surface area (TPSA) is 35.2 Å². The highest BCUT2D eigenvalue weighted by Gasteiger charge is 2.05. The van der Waals surface area contributed by atoms with E-state index in [2.05, 4.69) is 0 Å². The zero-order valence-corrected chi connectivity index (χ0v) is 8.68. The number of thiocarbonyl (C=S) groups is 1. The van der Waals surface area contributed by atoms with E-state index in [1.165, 1.54) is 12.1 Å². The van der Waals surface area contributed by atoms with Crippen molar-refractivity contribution in [1.29, 1.82) is 0 Å². The molecule has 0 spiro atoms. The Morgan fingerprint density at radius 1 is 1.50 bits per heavy atom. The van der Waals surface area contributed by atoms with Crippen LogP contribution in [0, 0.1) is 5.82 Å². The molecular weight excluding hydrogens is 201 g/mol. The molecule has 0 aliphatic rings. The summed E-state index contributed by atoms with van der Waals surface area (Å²) in [7, 11) is 0. The molecule has 0 aromatic heterocycles. The molecule has 2 nitrogen and oxygen atoms in total. The summed E-state index contributed by atoms with van der Waals surface area (Å²) in [6.45, 7) is 1.86. The third-order valence-electron chi connectivity index (χ3n) is 1.64. The maximum atomic E-state index is 12.5. The first-order chi connectivity index (χ1) is 6.58. The number of ether oxygens (including phenoxy) is 1. The number of nitrogens with two attached hydrogens (primary N) is 1. The largest absolute Gasteiger partial charge is 0.490 e. The average molecular weight is 213 g/mol. The highest BCUT2D eigenvalue weighted by molar-refractivity contribution is 7.80. The minimum Gasteiger partial charge on any atom is -0.490 e. The van der Waals surface area contributed by atoms with Crippen LogP contribution in [-0.4, -0.2) is 11.1 Å². The smallest absolute Gasteiger partial charge is 0.123 e. The van der Waals surface area contributed by atoms with Crippen LogP contribution in [0.25, 0.3) is 0 Å². The first-order valence-corrected chi connectivity index (χ1v) is 4.69. The van der Waals surface area contributed by atoms with Gasteiger partial charge in [0.05, 0.1) is 4.99 Å². The van der Waals surface area contributed by atoms with Crippen molar-refractivity contribution in [3.05, 3.63) is 30.1 Å². The van der Waals surface area contributed by atoms with Crippen LogP contribution in [0.1, 0.15) is 13.3 Å². The lowest BCUT2D eigenvalue weighted by molar-refractivity contribution is 0.230. The Bertz CT molecular complexity index is 312. The van der Waals surface area contributed by atoms with Gasteiger partial charge in [0.2, 0.25) is 0 Å². The standard InChI is InChI=1S/C10H12FNOS/c1-7(6-10(12)14)13-9-4-2-8(11)3-5-9/h2-5,7H,6H2,1H3,(H2,12,14). The van der Waals surface area contributed by atoms with Gasteiger partial charge in [-0.15, -0.1) is 0 Å². The Morgan fingerprint density at radius 2 is 2.07 bits per heavy atom. The van der Waals surface area contributed by atoms with Crippen LogP contribution in [-0.2, 0) is 0 Å². The lowest BCUT2D eigenvalue weighted by Crippen LogP contribution is -2.20. The molecule has 0 bridgehead atoms. The zero-order valence-electron chi connectivity index (χ0n) is 7.87. The Kier molecular flexibility index (Phi) is 3.83. The fourth-order valence-electron chi connectivity index (χ4n) is 1.07. The minimum atomic E-state index is -0.278. The SMILES string of the molecule is CC(CC(N)=S)Oc1ccc(F)cc1. The van der Waals surface area contributed by atoms with E-state index in [4.69, 9.17) is 22.7 Å². The second-order valence-electron chi connectivity index (χ2n) is 3.05. The molecule has 1 aromatic carbocycles. The van der Waals surface area contributed by atoms with E-state index in [-0.39, 0.29) is 11.9 Å². The second-order valence-corrected chi connectivity index (χ2v) is 3.58. The van der Waals surface area contributed by atoms with Crippen molar-refractivity contribution in [2.75, 3.05) is 0 Å². The van der Waals surface area contributed by atoms with Gasteiger partial charge in [0.15, 0.2) is 0 Å². The number of rotatable bonds is 4. The fourth-order valence-corrected chi connectivity index (χ4v) is 1.31. The molecule has 14 heavy (non-hydrogen) atoms. The van der Waals surface area contributed by atoms with Gasteiger partial charge in [0, 0.05) is 6.42 Å². The normalized spacial score (nSPS) is 12.1. The van der Waals surface area contributed by atoms with Gasteiger partial charge in [-0.2, -0.15) is 0 Å². The van der Waals surface area contributed by atoms with E-state index in [0.717, 1.165) is 0 Å². The quantitative estimate of drug-likeness (QED) is 0.779. The molecule has 0 saturated heterocycles. The first-order valence-electron chi connectivity index (χ1n) is 4.28. The second kappa shape index (κ2) is 4.91. The summed E-state index contributed by atoms with van der Waals surface area (Å²) in [6.07, 6.45) is 0.435. The third-order valence-corrected chi connectivity index (χ3v) is 1.81. The van der Waals surface area contributed by atoms with Crippen molar-refractivity contribution in [2.24, 2.45) is 5.73 Å². The van der Waals surface area contributed by atoms with Gasteiger partial charge in [-0.25, -0.2) is 4.39 Å². The molecule has 0 aliphatic heterocycles. The minimum absolute atomic E-state index is 0.0852. The molecule has 0 amide bonds. The van der Waals surface area contributed by atoms with Gasteiger partial charge in [-0.05, 0) is 31.2 Å². The molecule has 1 rings (SSSR count).